The maximum Gasteiger partial charge on any atom is 0.307 e. The largest absolute Gasteiger partial charge is 0.469 e. The minimum Gasteiger partial charge on any atom is -0.469 e. The summed E-state index contributed by atoms with van der Waals surface area (Å²) in [7, 11) is -2.46. The van der Waals surface area contributed by atoms with Crippen molar-refractivity contribution in [2.75, 3.05) is 11.8 Å². The van der Waals surface area contributed by atoms with Crippen molar-refractivity contribution in [2.45, 2.75) is 17.9 Å². The number of nitrogens with zero attached hydrogens (tertiary/aromatic N) is 1. The van der Waals surface area contributed by atoms with Gasteiger partial charge in [0.25, 0.3) is 10.0 Å². The fourth-order valence-electron chi connectivity index (χ4n) is 2.60. The first-order valence-electron chi connectivity index (χ1n) is 7.83. The molecule has 0 aliphatic carbocycles. The van der Waals surface area contributed by atoms with Crippen LogP contribution in [0.3, 0.4) is 0 Å². The Bertz CT molecular complexity index is 1040. The summed E-state index contributed by atoms with van der Waals surface area (Å²) in [4.78, 5) is 11.3. The standard InChI is InChI=1S/C18H17FN2O4S/c1-25-18(22)9-11-21-10-8-13-12-15(4-7-17(13)21)20-26(23,24)16-5-2-14(19)3-6-16/h2-8,10,12,20H,9,11H2,1H3. The molecular formula is C18H17FN2O4S. The first kappa shape index (κ1) is 17.9. The second kappa shape index (κ2) is 7.17. The van der Waals surface area contributed by atoms with Crippen molar-refractivity contribution in [3.8, 4) is 0 Å². The van der Waals surface area contributed by atoms with Crippen molar-refractivity contribution in [3.63, 3.8) is 0 Å². The van der Waals surface area contributed by atoms with Gasteiger partial charge in [-0.2, -0.15) is 0 Å². The molecule has 6 nitrogen and oxygen atoms in total. The van der Waals surface area contributed by atoms with E-state index in [-0.39, 0.29) is 17.3 Å². The Kier molecular flexibility index (Phi) is 4.94. The van der Waals surface area contributed by atoms with Gasteiger partial charge in [0.15, 0.2) is 0 Å². The van der Waals surface area contributed by atoms with Crippen LogP contribution in [0.1, 0.15) is 6.42 Å². The molecule has 136 valence electrons. The Morgan fingerprint density at radius 2 is 1.88 bits per heavy atom. The van der Waals surface area contributed by atoms with E-state index < -0.39 is 15.8 Å². The molecule has 26 heavy (non-hydrogen) atoms. The molecule has 8 heteroatoms. The molecule has 3 rings (SSSR count). The minimum atomic E-state index is -3.80. The van der Waals surface area contributed by atoms with E-state index in [1.54, 1.807) is 18.2 Å². The summed E-state index contributed by atoms with van der Waals surface area (Å²) in [6.45, 7) is 0.469. The summed E-state index contributed by atoms with van der Waals surface area (Å²) in [5, 5.41) is 0.828. The Hall–Kier alpha value is -2.87. The van der Waals surface area contributed by atoms with Gasteiger partial charge in [-0.25, -0.2) is 12.8 Å². The van der Waals surface area contributed by atoms with E-state index in [1.165, 1.54) is 19.2 Å². The summed E-state index contributed by atoms with van der Waals surface area (Å²) < 4.78 is 46.7. The zero-order chi connectivity index (χ0) is 18.7. The molecular weight excluding hydrogens is 359 g/mol. The molecule has 0 aliphatic rings. The van der Waals surface area contributed by atoms with Gasteiger partial charge < -0.3 is 9.30 Å². The first-order valence-corrected chi connectivity index (χ1v) is 9.31. The number of carbonyl (C=O) groups excluding carboxylic acids is 1. The number of esters is 1. The summed E-state index contributed by atoms with van der Waals surface area (Å²) in [5.74, 6) is -0.797. The molecule has 0 radical (unpaired) electrons. The third-order valence-corrected chi connectivity index (χ3v) is 5.33. The fraction of sp³-hybridized carbons (Fsp3) is 0.167. The molecule has 0 bridgehead atoms. The van der Waals surface area contributed by atoms with E-state index in [9.17, 15) is 17.6 Å². The second-order valence-corrected chi connectivity index (χ2v) is 7.35. The summed E-state index contributed by atoms with van der Waals surface area (Å²) in [5.41, 5.74) is 1.27. The molecule has 0 unspecified atom stereocenters. The number of aromatic nitrogens is 1. The number of fused-ring (bicyclic) bond motifs is 1. The first-order chi connectivity index (χ1) is 12.4. The lowest BCUT2D eigenvalue weighted by Crippen LogP contribution is -2.12. The van der Waals surface area contributed by atoms with E-state index in [2.05, 4.69) is 9.46 Å². The van der Waals surface area contributed by atoms with Gasteiger partial charge in [-0.3, -0.25) is 9.52 Å². The number of halogens is 1. The topological polar surface area (TPSA) is 77.4 Å². The van der Waals surface area contributed by atoms with Gasteiger partial charge in [0.1, 0.15) is 5.82 Å². The Morgan fingerprint density at radius 1 is 1.15 bits per heavy atom. The lowest BCUT2D eigenvalue weighted by Gasteiger charge is -2.09. The van der Waals surface area contributed by atoms with Gasteiger partial charge in [-0.1, -0.05) is 0 Å². The van der Waals surface area contributed by atoms with Crippen LogP contribution in [0, 0.1) is 5.82 Å². The van der Waals surface area contributed by atoms with E-state index in [0.29, 0.717) is 12.2 Å². The lowest BCUT2D eigenvalue weighted by molar-refractivity contribution is -0.140. The van der Waals surface area contributed by atoms with Crippen LogP contribution in [-0.2, 0) is 26.1 Å². The Morgan fingerprint density at radius 3 is 2.58 bits per heavy atom. The Balaban J connectivity index is 1.81. The molecule has 0 aliphatic heterocycles. The number of ether oxygens (including phenoxy) is 1. The van der Waals surface area contributed by atoms with Gasteiger partial charge in [0, 0.05) is 29.3 Å². The van der Waals surface area contributed by atoms with Crippen LogP contribution in [0.25, 0.3) is 10.9 Å². The second-order valence-electron chi connectivity index (χ2n) is 5.67. The fourth-order valence-corrected chi connectivity index (χ4v) is 3.65. The van der Waals surface area contributed by atoms with Crippen LogP contribution in [0.5, 0.6) is 0 Å². The molecule has 0 atom stereocenters. The highest BCUT2D eigenvalue weighted by Crippen LogP contribution is 2.23. The lowest BCUT2D eigenvalue weighted by atomic mass is 10.2. The smallest absolute Gasteiger partial charge is 0.307 e. The van der Waals surface area contributed by atoms with Crippen molar-refractivity contribution < 1.29 is 22.3 Å². The van der Waals surface area contributed by atoms with Crippen LogP contribution < -0.4 is 4.72 Å². The maximum absolute atomic E-state index is 13.0. The number of sulfonamides is 1. The van der Waals surface area contributed by atoms with Gasteiger partial charge in [-0.15, -0.1) is 0 Å². The van der Waals surface area contributed by atoms with Crippen LogP contribution >= 0.6 is 0 Å². The highest BCUT2D eigenvalue weighted by Gasteiger charge is 2.15. The Labute approximate surface area is 150 Å². The zero-order valence-corrected chi connectivity index (χ0v) is 14.8. The predicted octanol–water partition coefficient (Wildman–Crippen LogP) is 3.14. The minimum absolute atomic E-state index is 0.0188. The van der Waals surface area contributed by atoms with Gasteiger partial charge >= 0.3 is 5.97 Å². The average molecular weight is 376 g/mol. The molecule has 0 saturated carbocycles. The zero-order valence-electron chi connectivity index (χ0n) is 14.0. The van der Waals surface area contributed by atoms with E-state index in [1.807, 2.05) is 16.8 Å². The maximum atomic E-state index is 13.0. The molecule has 1 aromatic heterocycles. The van der Waals surface area contributed by atoms with Crippen molar-refractivity contribution in [1.29, 1.82) is 0 Å². The number of hydrogen-bond acceptors (Lipinski definition) is 4. The van der Waals surface area contributed by atoms with Crippen molar-refractivity contribution in [3.05, 3.63) is 60.5 Å². The summed E-state index contributed by atoms with van der Waals surface area (Å²) >= 11 is 0. The van der Waals surface area contributed by atoms with E-state index >= 15 is 0 Å². The number of benzene rings is 2. The summed E-state index contributed by atoms with van der Waals surface area (Å²) in [6, 6.07) is 11.6. The average Bonchev–Trinajstić information content (AvgIpc) is 3.02. The van der Waals surface area contributed by atoms with E-state index in [0.717, 1.165) is 23.0 Å². The third-order valence-electron chi connectivity index (χ3n) is 3.93. The number of nitrogens with one attached hydrogen (secondary N) is 1. The number of hydrogen-bond donors (Lipinski definition) is 1. The van der Waals surface area contributed by atoms with Crippen molar-refractivity contribution >= 4 is 32.6 Å². The molecule has 1 N–H and O–H groups in total. The van der Waals surface area contributed by atoms with Crippen LogP contribution in [-0.4, -0.2) is 26.1 Å². The normalized spacial score (nSPS) is 11.5. The molecule has 1 heterocycles. The molecule has 2 aromatic carbocycles. The molecule has 0 saturated heterocycles. The highest BCUT2D eigenvalue weighted by molar-refractivity contribution is 7.92. The molecule has 0 amide bonds. The van der Waals surface area contributed by atoms with Gasteiger partial charge in [0.05, 0.1) is 18.4 Å². The van der Waals surface area contributed by atoms with Crippen molar-refractivity contribution in [2.24, 2.45) is 0 Å². The monoisotopic (exact) mass is 376 g/mol. The number of anilines is 1. The third kappa shape index (κ3) is 3.85. The van der Waals surface area contributed by atoms with E-state index in [4.69, 9.17) is 0 Å². The number of carbonyl (C=O) groups is 1. The van der Waals surface area contributed by atoms with Gasteiger partial charge in [0.2, 0.25) is 0 Å². The highest BCUT2D eigenvalue weighted by atomic mass is 32.2. The van der Waals surface area contributed by atoms with Gasteiger partial charge in [-0.05, 0) is 48.5 Å². The quantitative estimate of drug-likeness (QED) is 0.671. The SMILES string of the molecule is COC(=O)CCn1ccc2cc(NS(=O)(=O)c3ccc(F)cc3)ccc21. The van der Waals surface area contributed by atoms with Crippen LogP contribution in [0.15, 0.2) is 59.6 Å². The van der Waals surface area contributed by atoms with Crippen molar-refractivity contribution in [1.82, 2.24) is 4.57 Å². The number of methoxy groups -OCH3 is 1. The predicted molar refractivity (Wildman–Crippen MR) is 95.8 cm³/mol. The number of rotatable bonds is 6. The number of aryl methyl sites for hydroxylation is 1. The summed E-state index contributed by atoms with van der Waals surface area (Å²) in [6.07, 6.45) is 2.07. The molecule has 0 fully saturated rings. The molecule has 0 spiro atoms. The van der Waals surface area contributed by atoms with Crippen LogP contribution in [0.2, 0.25) is 0 Å². The molecule has 3 aromatic rings. The van der Waals surface area contributed by atoms with Crippen LogP contribution in [0.4, 0.5) is 10.1 Å².